The number of nitrogens with zero attached hydrogens (tertiary/aromatic N) is 3. The molecule has 0 aliphatic carbocycles. The van der Waals surface area contributed by atoms with Gasteiger partial charge < -0.3 is 39.0 Å². The van der Waals surface area contributed by atoms with Crippen molar-refractivity contribution in [1.29, 1.82) is 0 Å². The number of ether oxygens (including phenoxy) is 5. The molecular weight excluding hydrogens is 718 g/mol. The molecule has 0 saturated carbocycles. The molecular formula is C43H35N3O10. The van der Waals surface area contributed by atoms with Crippen molar-refractivity contribution in [2.45, 2.75) is 50.5 Å². The Kier molecular flexibility index (Phi) is 8.68. The second-order valence-corrected chi connectivity index (χ2v) is 13.9. The molecule has 0 radical (unpaired) electrons. The molecule has 2 atom stereocenters. The number of aromatic hydroxyl groups is 3. The number of carbonyl (C=O) groups is 2. The van der Waals surface area contributed by atoms with Gasteiger partial charge in [0.05, 0.1) is 24.8 Å². The third kappa shape index (κ3) is 6.26. The molecule has 0 saturated heterocycles. The fourth-order valence-electron chi connectivity index (χ4n) is 7.54. The number of unbranched alkanes of at least 4 members (excludes halogenated alkanes) is 2. The number of carbonyl (C=O) groups excluding carboxylic acids is 2. The molecule has 3 aliphatic heterocycles. The van der Waals surface area contributed by atoms with Crippen molar-refractivity contribution in [3.8, 4) is 46.0 Å². The van der Waals surface area contributed by atoms with Crippen LogP contribution in [0.25, 0.3) is 0 Å². The number of hydrogen-bond acceptors (Lipinski definition) is 12. The molecule has 13 heteroatoms. The highest BCUT2D eigenvalue weighted by atomic mass is 16.6. The summed E-state index contributed by atoms with van der Waals surface area (Å²) in [5.74, 6) is 1.09. The van der Waals surface area contributed by atoms with Crippen molar-refractivity contribution in [2.75, 3.05) is 6.61 Å². The molecule has 0 bridgehead atoms. The number of phenolic OH excluding ortho intramolecular Hbond substituents is 3. The summed E-state index contributed by atoms with van der Waals surface area (Å²) in [6.45, 7) is 1.39. The second kappa shape index (κ2) is 14.0. The third-order valence-corrected chi connectivity index (χ3v) is 10.2. The van der Waals surface area contributed by atoms with Crippen LogP contribution >= 0.6 is 0 Å². The van der Waals surface area contributed by atoms with Gasteiger partial charge in [-0.25, -0.2) is 4.79 Å². The number of fused-ring (bicyclic) bond motifs is 7. The lowest BCUT2D eigenvalue weighted by Crippen LogP contribution is -2.32. The zero-order chi connectivity index (χ0) is 38.4. The van der Waals surface area contributed by atoms with E-state index >= 15 is 0 Å². The number of hydrogen-bond donors (Lipinski definition) is 3. The van der Waals surface area contributed by atoms with Crippen molar-refractivity contribution < 1.29 is 48.6 Å². The Morgan fingerprint density at radius 3 is 2.39 bits per heavy atom. The van der Waals surface area contributed by atoms with E-state index < -0.39 is 17.7 Å². The number of ketones is 1. The van der Waals surface area contributed by atoms with Crippen LogP contribution in [0.5, 0.6) is 46.0 Å². The average molecular weight is 754 g/mol. The summed E-state index contributed by atoms with van der Waals surface area (Å²) in [5, 5.41) is 38.6. The summed E-state index contributed by atoms with van der Waals surface area (Å²) in [5.41, 5.74) is 2.76. The largest absolute Gasteiger partial charge is 0.508 e. The van der Waals surface area contributed by atoms with Crippen LogP contribution in [0.15, 0.2) is 103 Å². The Morgan fingerprint density at radius 2 is 1.54 bits per heavy atom. The number of aryl methyl sites for hydroxylation is 1. The Bertz CT molecular complexity index is 2500. The van der Waals surface area contributed by atoms with Crippen molar-refractivity contribution >= 4 is 11.8 Å². The Hall–Kier alpha value is -7.02. The first kappa shape index (κ1) is 34.7. The molecule has 6 aromatic rings. The van der Waals surface area contributed by atoms with E-state index in [1.54, 1.807) is 41.1 Å². The summed E-state index contributed by atoms with van der Waals surface area (Å²) < 4.78 is 32.1. The van der Waals surface area contributed by atoms with Gasteiger partial charge in [-0.1, -0.05) is 35.5 Å². The number of rotatable bonds is 11. The van der Waals surface area contributed by atoms with Gasteiger partial charge in [0.15, 0.2) is 11.4 Å². The molecule has 56 heavy (non-hydrogen) atoms. The highest BCUT2D eigenvalue weighted by Crippen LogP contribution is 2.57. The van der Waals surface area contributed by atoms with Gasteiger partial charge in [-0.3, -0.25) is 9.48 Å². The molecule has 3 N–H and O–H groups in total. The van der Waals surface area contributed by atoms with Crippen molar-refractivity contribution in [2.24, 2.45) is 0 Å². The Balaban J connectivity index is 0.756. The maximum atomic E-state index is 13.0. The van der Waals surface area contributed by atoms with E-state index in [2.05, 4.69) is 10.3 Å². The summed E-state index contributed by atoms with van der Waals surface area (Å²) in [7, 11) is 0. The maximum absolute atomic E-state index is 13.0. The monoisotopic (exact) mass is 753 g/mol. The highest BCUT2D eigenvalue weighted by molar-refractivity contribution is 6.02. The fraction of sp³-hybridized carbons (Fsp3) is 0.209. The SMILES string of the molecule is O=C1OC2(c3ccc(O)cc3Oc3cc(OCc4cn(CCCCCOc5ccc(C6CC(=O)c7c(O)cc(O)cc7O6)cc5)nn4)ccc32)c2ccccc21. The summed E-state index contributed by atoms with van der Waals surface area (Å²) in [6.07, 6.45) is 4.03. The number of phenols is 3. The minimum atomic E-state index is -1.23. The topological polar surface area (TPSA) is 172 Å². The van der Waals surface area contributed by atoms with Gasteiger partial charge in [-0.15, -0.1) is 5.10 Å². The average Bonchev–Trinajstić information content (AvgIpc) is 3.77. The molecule has 0 amide bonds. The first-order chi connectivity index (χ1) is 27.2. The minimum Gasteiger partial charge on any atom is -0.508 e. The van der Waals surface area contributed by atoms with E-state index in [0.717, 1.165) is 30.9 Å². The maximum Gasteiger partial charge on any atom is 0.340 e. The van der Waals surface area contributed by atoms with Gasteiger partial charge in [-0.2, -0.15) is 0 Å². The standard InChI is InChI=1S/C43H35N3O10/c47-27-10-14-33-38(19-27)55-39-21-30(13-15-34(39)43(33)32-7-3-2-6-31(32)42(51)56-43)53-24-26-23-46(45-44-26)16-4-1-5-17-52-29-11-8-25(9-12-29)37-22-36(50)41-35(49)18-28(48)20-40(41)54-37/h2-3,6-15,18-21,23,37,47-49H,1,4-5,16-17,22,24H2. The smallest absolute Gasteiger partial charge is 0.340 e. The first-order valence-corrected chi connectivity index (χ1v) is 18.2. The predicted octanol–water partition coefficient (Wildman–Crippen LogP) is 7.50. The van der Waals surface area contributed by atoms with Crippen LogP contribution in [-0.2, 0) is 23.5 Å². The van der Waals surface area contributed by atoms with Gasteiger partial charge in [0.1, 0.15) is 70.0 Å². The van der Waals surface area contributed by atoms with Gasteiger partial charge in [-0.05, 0) is 67.3 Å². The Morgan fingerprint density at radius 1 is 0.768 bits per heavy atom. The molecule has 1 spiro atoms. The van der Waals surface area contributed by atoms with Gasteiger partial charge >= 0.3 is 5.97 Å². The molecule has 9 rings (SSSR count). The fourth-order valence-corrected chi connectivity index (χ4v) is 7.54. The molecule has 1 aromatic heterocycles. The van der Waals surface area contributed by atoms with Crippen LogP contribution in [0.1, 0.15) is 80.5 Å². The van der Waals surface area contributed by atoms with Crippen LogP contribution in [0, 0.1) is 0 Å². The third-order valence-electron chi connectivity index (χ3n) is 10.2. The van der Waals surface area contributed by atoms with Gasteiger partial charge in [0.25, 0.3) is 0 Å². The normalized spacial score (nSPS) is 17.5. The molecule has 0 fully saturated rings. The van der Waals surface area contributed by atoms with Crippen LogP contribution in [0.4, 0.5) is 0 Å². The lowest BCUT2D eigenvalue weighted by molar-refractivity contribution is 0.0224. The lowest BCUT2D eigenvalue weighted by atomic mass is 9.77. The van der Waals surface area contributed by atoms with Crippen molar-refractivity contribution in [1.82, 2.24) is 15.0 Å². The van der Waals surface area contributed by atoms with Crippen molar-refractivity contribution in [3.63, 3.8) is 0 Å². The Labute approximate surface area is 320 Å². The van der Waals surface area contributed by atoms with E-state index in [0.29, 0.717) is 64.1 Å². The van der Waals surface area contributed by atoms with E-state index in [-0.39, 0.29) is 47.4 Å². The van der Waals surface area contributed by atoms with Gasteiger partial charge in [0, 0.05) is 47.5 Å². The van der Waals surface area contributed by atoms with Crippen LogP contribution in [0.2, 0.25) is 0 Å². The van der Waals surface area contributed by atoms with E-state index in [9.17, 15) is 24.9 Å². The molecule has 4 heterocycles. The second-order valence-electron chi connectivity index (χ2n) is 13.9. The highest BCUT2D eigenvalue weighted by Gasteiger charge is 2.53. The number of Topliss-reactive ketones (excluding diaryl/α,β-unsaturated/α-hetero) is 1. The van der Waals surface area contributed by atoms with E-state index in [1.807, 2.05) is 48.7 Å². The first-order valence-electron chi connectivity index (χ1n) is 18.2. The summed E-state index contributed by atoms with van der Waals surface area (Å²) >= 11 is 0. The van der Waals surface area contributed by atoms with Crippen LogP contribution < -0.4 is 18.9 Å². The zero-order valence-corrected chi connectivity index (χ0v) is 29.9. The molecule has 5 aromatic carbocycles. The van der Waals surface area contributed by atoms with Crippen LogP contribution in [-0.4, -0.2) is 48.7 Å². The van der Waals surface area contributed by atoms with Crippen LogP contribution in [0.3, 0.4) is 0 Å². The van der Waals surface area contributed by atoms with Crippen molar-refractivity contribution in [3.05, 3.63) is 142 Å². The minimum absolute atomic E-state index is 0.0258. The quantitative estimate of drug-likeness (QED) is 0.0881. The number of benzene rings is 5. The summed E-state index contributed by atoms with van der Waals surface area (Å²) in [6, 6.07) is 27.3. The molecule has 3 aliphatic rings. The molecule has 2 unspecified atom stereocenters. The number of aromatic nitrogens is 3. The zero-order valence-electron chi connectivity index (χ0n) is 29.9. The van der Waals surface area contributed by atoms with E-state index in [4.69, 9.17) is 23.7 Å². The summed E-state index contributed by atoms with van der Waals surface area (Å²) in [4.78, 5) is 25.7. The predicted molar refractivity (Wildman–Crippen MR) is 199 cm³/mol. The van der Waals surface area contributed by atoms with E-state index in [1.165, 1.54) is 12.1 Å². The van der Waals surface area contributed by atoms with Gasteiger partial charge in [0.2, 0.25) is 0 Å². The molecule has 282 valence electrons. The number of esters is 1. The molecule has 13 nitrogen and oxygen atoms in total. The lowest BCUT2D eigenvalue weighted by Gasteiger charge is -2.36.